The third-order valence-corrected chi connectivity index (χ3v) is 8.72. The van der Waals surface area contributed by atoms with Crippen LogP contribution in [0.1, 0.15) is 25.3 Å². The molecule has 0 aliphatic carbocycles. The largest absolute Gasteiger partial charge is 0.381 e. The summed E-state index contributed by atoms with van der Waals surface area (Å²) < 4.78 is 32.0. The van der Waals surface area contributed by atoms with Gasteiger partial charge in [-0.25, -0.2) is 13.2 Å². The SMILES string of the molecule is C[C@H]1C[C@@H](N(C)Cc2ccc(Cl)c(N3CC4COCC4C3)c2)CCN1C(=O)n1ccc(NS(C)(=O)=O)n1. The van der Waals surface area contributed by atoms with Gasteiger partial charge in [0.25, 0.3) is 0 Å². The monoisotopic (exact) mass is 550 g/mol. The van der Waals surface area contributed by atoms with Crippen molar-refractivity contribution in [3.8, 4) is 0 Å². The van der Waals surface area contributed by atoms with Crippen LogP contribution in [0.5, 0.6) is 0 Å². The number of nitrogens with one attached hydrogen (secondary N) is 1. The number of likely N-dealkylation sites (tertiary alicyclic amines) is 1. The zero-order valence-corrected chi connectivity index (χ0v) is 23.1. The number of ether oxygens (including phenoxy) is 1. The number of aromatic nitrogens is 2. The Kier molecular flexibility index (Phi) is 7.41. The minimum Gasteiger partial charge on any atom is -0.381 e. The lowest BCUT2D eigenvalue weighted by Gasteiger charge is -2.41. The third-order valence-electron chi connectivity index (χ3n) is 7.82. The number of amides is 1. The number of sulfonamides is 1. The van der Waals surface area contributed by atoms with Crippen molar-refractivity contribution in [2.45, 2.75) is 38.4 Å². The second-order valence-electron chi connectivity index (χ2n) is 10.7. The van der Waals surface area contributed by atoms with Crippen molar-refractivity contribution in [3.05, 3.63) is 41.0 Å². The number of hydrogen-bond donors (Lipinski definition) is 1. The van der Waals surface area contributed by atoms with E-state index in [0.717, 1.165) is 62.7 Å². The Morgan fingerprint density at radius 1 is 1.24 bits per heavy atom. The average Bonchev–Trinajstić information content (AvgIpc) is 3.55. The average molecular weight is 551 g/mol. The molecule has 0 radical (unpaired) electrons. The van der Waals surface area contributed by atoms with Crippen molar-refractivity contribution in [1.82, 2.24) is 19.6 Å². The first kappa shape index (κ1) is 26.3. The molecule has 2 aromatic rings. The van der Waals surface area contributed by atoms with Gasteiger partial charge in [-0.3, -0.25) is 9.62 Å². The number of fused-ring (bicyclic) bond motifs is 1. The van der Waals surface area contributed by atoms with Crippen LogP contribution >= 0.6 is 11.6 Å². The molecule has 3 aliphatic rings. The van der Waals surface area contributed by atoms with E-state index in [1.165, 1.54) is 22.5 Å². The van der Waals surface area contributed by atoms with Gasteiger partial charge in [-0.2, -0.15) is 4.68 Å². The molecular formula is C25H35ClN6O4S. The summed E-state index contributed by atoms with van der Waals surface area (Å²) in [6.45, 7) is 7.14. The van der Waals surface area contributed by atoms with E-state index in [0.29, 0.717) is 24.4 Å². The van der Waals surface area contributed by atoms with Crippen LogP contribution in [0.15, 0.2) is 30.5 Å². The molecular weight excluding hydrogens is 516 g/mol. The first-order chi connectivity index (χ1) is 17.6. The standard InChI is InChI=1S/C25H35ClN6O4S/c1-17-10-21(6-8-31(17)25(33)32-9-7-24(27-32)28-37(3,34)35)29(2)12-18-4-5-22(26)23(11-18)30-13-19-15-36-16-20(19)14-30/h4-5,7,9,11,17,19-21H,6,8,10,12-16H2,1-3H3,(H,27,28)/t17-,19?,20?,21-/m0/s1. The number of rotatable bonds is 6. The Morgan fingerprint density at radius 2 is 1.97 bits per heavy atom. The highest BCUT2D eigenvalue weighted by molar-refractivity contribution is 7.92. The molecule has 5 rings (SSSR count). The van der Waals surface area contributed by atoms with Crippen LogP contribution in [0.2, 0.25) is 5.02 Å². The van der Waals surface area contributed by atoms with Gasteiger partial charge in [-0.1, -0.05) is 17.7 Å². The normalized spacial score (nSPS) is 26.1. The molecule has 1 aromatic carbocycles. The van der Waals surface area contributed by atoms with Gasteiger partial charge in [0.1, 0.15) is 0 Å². The molecule has 1 N–H and O–H groups in total. The van der Waals surface area contributed by atoms with E-state index in [1.807, 2.05) is 13.0 Å². The molecule has 3 saturated heterocycles. The van der Waals surface area contributed by atoms with Gasteiger partial charge in [0, 0.05) is 62.4 Å². The van der Waals surface area contributed by atoms with Gasteiger partial charge in [0.2, 0.25) is 10.0 Å². The predicted molar refractivity (Wildman–Crippen MR) is 144 cm³/mol. The molecule has 4 atom stereocenters. The molecule has 0 spiro atoms. The number of halogens is 1. The molecule has 3 aliphatic heterocycles. The predicted octanol–water partition coefficient (Wildman–Crippen LogP) is 2.94. The summed E-state index contributed by atoms with van der Waals surface area (Å²) in [4.78, 5) is 19.6. The fourth-order valence-corrected chi connectivity index (χ4v) is 6.56. The number of carbonyl (C=O) groups excluding carboxylic acids is 1. The van der Waals surface area contributed by atoms with Gasteiger partial charge in [-0.15, -0.1) is 5.10 Å². The summed E-state index contributed by atoms with van der Waals surface area (Å²) in [5.41, 5.74) is 2.34. The van der Waals surface area contributed by atoms with Gasteiger partial charge in [0.15, 0.2) is 5.82 Å². The van der Waals surface area contributed by atoms with E-state index >= 15 is 0 Å². The fourth-order valence-electron chi connectivity index (χ4n) is 5.84. The molecule has 0 saturated carbocycles. The van der Waals surface area contributed by atoms with E-state index in [-0.39, 0.29) is 17.9 Å². The summed E-state index contributed by atoms with van der Waals surface area (Å²) in [6, 6.07) is 7.92. The molecule has 202 valence electrons. The van der Waals surface area contributed by atoms with E-state index in [1.54, 1.807) is 4.90 Å². The summed E-state index contributed by atoms with van der Waals surface area (Å²) in [5, 5.41) is 4.88. The highest BCUT2D eigenvalue weighted by Crippen LogP contribution is 2.36. The highest BCUT2D eigenvalue weighted by Gasteiger charge is 2.38. The summed E-state index contributed by atoms with van der Waals surface area (Å²) >= 11 is 6.60. The van der Waals surface area contributed by atoms with Crippen molar-refractivity contribution >= 4 is 39.2 Å². The van der Waals surface area contributed by atoms with Crippen molar-refractivity contribution in [1.29, 1.82) is 0 Å². The van der Waals surface area contributed by atoms with Gasteiger partial charge >= 0.3 is 6.03 Å². The van der Waals surface area contributed by atoms with Crippen LogP contribution in [0.4, 0.5) is 16.3 Å². The molecule has 1 amide bonds. The quantitative estimate of drug-likeness (QED) is 0.590. The van der Waals surface area contributed by atoms with E-state index in [9.17, 15) is 13.2 Å². The Hall–Kier alpha value is -2.34. The molecule has 2 unspecified atom stereocenters. The van der Waals surface area contributed by atoms with Crippen molar-refractivity contribution in [2.24, 2.45) is 11.8 Å². The number of nitrogens with zero attached hydrogens (tertiary/aromatic N) is 5. The molecule has 12 heteroatoms. The topological polar surface area (TPSA) is 100 Å². The van der Waals surface area contributed by atoms with Crippen LogP contribution in [0.25, 0.3) is 0 Å². The van der Waals surface area contributed by atoms with Crippen LogP contribution in [-0.4, -0.2) is 92.3 Å². The second-order valence-corrected chi connectivity index (χ2v) is 12.8. The zero-order valence-electron chi connectivity index (χ0n) is 21.5. The third kappa shape index (κ3) is 5.89. The molecule has 3 fully saturated rings. The maximum Gasteiger partial charge on any atom is 0.344 e. The lowest BCUT2D eigenvalue weighted by atomic mass is 9.97. The molecule has 37 heavy (non-hydrogen) atoms. The van der Waals surface area contributed by atoms with E-state index in [4.69, 9.17) is 16.3 Å². The molecule has 0 bridgehead atoms. The first-order valence-electron chi connectivity index (χ1n) is 12.7. The molecule has 4 heterocycles. The molecule has 1 aromatic heterocycles. The summed E-state index contributed by atoms with van der Waals surface area (Å²) in [5.74, 6) is 1.33. The van der Waals surface area contributed by atoms with Crippen molar-refractivity contribution in [3.63, 3.8) is 0 Å². The minimum absolute atomic E-state index is 0.0243. The lowest BCUT2D eigenvalue weighted by Crippen LogP contribution is -2.51. The van der Waals surface area contributed by atoms with Crippen molar-refractivity contribution < 1.29 is 17.9 Å². The van der Waals surface area contributed by atoms with Crippen molar-refractivity contribution in [2.75, 3.05) is 55.8 Å². The Labute approximate surface area is 223 Å². The fraction of sp³-hybridized carbons (Fsp3) is 0.600. The maximum absolute atomic E-state index is 13.0. The Morgan fingerprint density at radius 3 is 2.65 bits per heavy atom. The van der Waals surface area contributed by atoms with Gasteiger partial charge in [-0.05, 0) is 44.5 Å². The van der Waals surface area contributed by atoms with E-state index in [2.05, 4.69) is 38.8 Å². The van der Waals surface area contributed by atoms with Crippen LogP contribution in [0.3, 0.4) is 0 Å². The number of piperidine rings is 1. The Bertz CT molecular complexity index is 1240. The lowest BCUT2D eigenvalue weighted by molar-refractivity contribution is 0.0978. The first-order valence-corrected chi connectivity index (χ1v) is 15.0. The van der Waals surface area contributed by atoms with Crippen LogP contribution < -0.4 is 9.62 Å². The summed E-state index contributed by atoms with van der Waals surface area (Å²) in [6.07, 6.45) is 4.22. The highest BCUT2D eigenvalue weighted by atomic mass is 35.5. The van der Waals surface area contributed by atoms with Crippen LogP contribution in [-0.2, 0) is 21.3 Å². The van der Waals surface area contributed by atoms with Gasteiger partial charge < -0.3 is 14.5 Å². The van der Waals surface area contributed by atoms with E-state index < -0.39 is 10.0 Å². The molecule has 10 nitrogen and oxygen atoms in total. The number of hydrogen-bond acceptors (Lipinski definition) is 7. The zero-order chi connectivity index (χ0) is 26.3. The second kappa shape index (κ2) is 10.4. The number of benzene rings is 1. The summed E-state index contributed by atoms with van der Waals surface area (Å²) in [7, 11) is -1.32. The van der Waals surface area contributed by atoms with Crippen LogP contribution in [0, 0.1) is 11.8 Å². The number of anilines is 2. The minimum atomic E-state index is -3.45. The van der Waals surface area contributed by atoms with Gasteiger partial charge in [0.05, 0.1) is 30.2 Å². The number of carbonyl (C=O) groups is 1. The maximum atomic E-state index is 13.0. The smallest absolute Gasteiger partial charge is 0.344 e. The Balaban J connectivity index is 1.18.